The average molecular weight is 263 g/mol. The van der Waals surface area contributed by atoms with E-state index in [9.17, 15) is 4.79 Å². The molecule has 0 aliphatic carbocycles. The number of nitriles is 1. The van der Waals surface area contributed by atoms with E-state index >= 15 is 0 Å². The lowest BCUT2D eigenvalue weighted by molar-refractivity contribution is 0.0691. The maximum atomic E-state index is 11.1. The third-order valence-corrected chi connectivity index (χ3v) is 2.65. The number of fused-ring (bicyclic) bond motifs is 1. The van der Waals surface area contributed by atoms with E-state index in [1.54, 1.807) is 0 Å². The van der Waals surface area contributed by atoms with Crippen molar-refractivity contribution in [2.24, 2.45) is 0 Å². The van der Waals surface area contributed by atoms with Gasteiger partial charge in [0.15, 0.2) is 11.5 Å². The quantitative estimate of drug-likeness (QED) is 0.791. The van der Waals surface area contributed by atoms with Gasteiger partial charge in [-0.25, -0.2) is 4.79 Å². The summed E-state index contributed by atoms with van der Waals surface area (Å²) in [6, 6.07) is 4.97. The van der Waals surface area contributed by atoms with Crippen molar-refractivity contribution in [1.29, 1.82) is 5.26 Å². The van der Waals surface area contributed by atoms with Gasteiger partial charge in [-0.05, 0) is 12.8 Å². The summed E-state index contributed by atoms with van der Waals surface area (Å²) in [4.78, 5) is 11.1. The molecular formula is C13H13NO5. The van der Waals surface area contributed by atoms with Crippen LogP contribution in [0, 0.1) is 11.3 Å². The zero-order valence-corrected chi connectivity index (χ0v) is 10.2. The number of carboxylic acids is 1. The second kappa shape index (κ2) is 5.96. The first-order valence-corrected chi connectivity index (χ1v) is 5.89. The number of carbonyl (C=O) groups is 1. The summed E-state index contributed by atoms with van der Waals surface area (Å²) >= 11 is 0. The normalized spacial score (nSPS) is 11.9. The minimum Gasteiger partial charge on any atom is -0.493 e. The largest absolute Gasteiger partial charge is 0.493 e. The van der Waals surface area contributed by atoms with Gasteiger partial charge in [0.25, 0.3) is 0 Å². The average Bonchev–Trinajstić information content (AvgIpc) is 2.84. The highest BCUT2D eigenvalue weighted by molar-refractivity contribution is 5.92. The zero-order valence-electron chi connectivity index (χ0n) is 10.2. The summed E-state index contributed by atoms with van der Waals surface area (Å²) in [5.74, 6) is 0.0743. The van der Waals surface area contributed by atoms with Crippen LogP contribution in [0.15, 0.2) is 12.1 Å². The minimum atomic E-state index is -1.08. The first-order chi connectivity index (χ1) is 9.22. The number of hydrogen-bond acceptors (Lipinski definition) is 5. The molecule has 100 valence electrons. The Morgan fingerprint density at radius 2 is 2.11 bits per heavy atom. The van der Waals surface area contributed by atoms with Gasteiger partial charge in [-0.3, -0.25) is 0 Å². The minimum absolute atomic E-state index is 0.0459. The molecule has 1 aromatic carbocycles. The van der Waals surface area contributed by atoms with Crippen LogP contribution < -0.4 is 14.2 Å². The summed E-state index contributed by atoms with van der Waals surface area (Å²) in [5, 5.41) is 17.5. The van der Waals surface area contributed by atoms with Crippen molar-refractivity contribution in [3.05, 3.63) is 17.7 Å². The highest BCUT2D eigenvalue weighted by atomic mass is 16.7. The Labute approximate surface area is 110 Å². The van der Waals surface area contributed by atoms with Crippen LogP contribution in [0.4, 0.5) is 0 Å². The molecule has 6 nitrogen and oxygen atoms in total. The maximum Gasteiger partial charge on any atom is 0.339 e. The van der Waals surface area contributed by atoms with Crippen molar-refractivity contribution >= 4 is 5.97 Å². The van der Waals surface area contributed by atoms with Crippen molar-refractivity contribution in [2.45, 2.75) is 19.3 Å². The van der Waals surface area contributed by atoms with Gasteiger partial charge in [0.05, 0.1) is 12.7 Å². The molecule has 0 atom stereocenters. The van der Waals surface area contributed by atoms with Crippen LogP contribution >= 0.6 is 0 Å². The monoisotopic (exact) mass is 263 g/mol. The molecule has 0 bridgehead atoms. The fourth-order valence-corrected chi connectivity index (χ4v) is 1.70. The fourth-order valence-electron chi connectivity index (χ4n) is 1.70. The van der Waals surface area contributed by atoms with Gasteiger partial charge in [-0.1, -0.05) is 0 Å². The fraction of sp³-hybridized carbons (Fsp3) is 0.385. The predicted molar refractivity (Wildman–Crippen MR) is 64.5 cm³/mol. The topological polar surface area (TPSA) is 88.8 Å². The van der Waals surface area contributed by atoms with E-state index in [4.69, 9.17) is 24.6 Å². The first-order valence-electron chi connectivity index (χ1n) is 5.89. The molecule has 0 unspecified atom stereocenters. The van der Waals surface area contributed by atoms with E-state index in [2.05, 4.69) is 0 Å². The molecule has 1 aromatic rings. The molecule has 0 saturated carbocycles. The number of nitrogens with zero attached hydrogens (tertiary/aromatic N) is 1. The number of carboxylic acid groups (broad SMARTS) is 1. The highest BCUT2D eigenvalue weighted by Gasteiger charge is 2.21. The molecule has 0 fully saturated rings. The summed E-state index contributed by atoms with van der Waals surface area (Å²) < 4.78 is 15.7. The molecule has 2 rings (SSSR count). The maximum absolute atomic E-state index is 11.1. The number of rotatable bonds is 6. The van der Waals surface area contributed by atoms with E-state index in [0.717, 1.165) is 6.42 Å². The Hall–Kier alpha value is -2.42. The molecule has 1 aliphatic rings. The van der Waals surface area contributed by atoms with E-state index in [1.165, 1.54) is 12.1 Å². The number of aromatic carboxylic acids is 1. The number of unbranched alkanes of at least 4 members (excludes halogenated alkanes) is 2. The van der Waals surface area contributed by atoms with Crippen LogP contribution in [-0.2, 0) is 0 Å². The molecule has 0 aromatic heterocycles. The molecule has 0 saturated heterocycles. The van der Waals surface area contributed by atoms with Crippen LogP contribution in [0.5, 0.6) is 17.2 Å². The van der Waals surface area contributed by atoms with Crippen LogP contribution in [0.25, 0.3) is 0 Å². The van der Waals surface area contributed by atoms with Gasteiger partial charge in [-0.2, -0.15) is 5.26 Å². The Balaban J connectivity index is 2.06. The van der Waals surface area contributed by atoms with Gasteiger partial charge in [-0.15, -0.1) is 0 Å². The molecule has 6 heteroatoms. The standard InChI is InChI=1S/C13H13NO5/c14-4-2-1-3-5-17-10-7-12-11(18-8-19-12)6-9(10)13(15)16/h6-7H,1-3,5,8H2,(H,15,16). The van der Waals surface area contributed by atoms with Gasteiger partial charge in [0.2, 0.25) is 6.79 Å². The zero-order chi connectivity index (χ0) is 13.7. The molecular weight excluding hydrogens is 250 g/mol. The van der Waals surface area contributed by atoms with Crippen LogP contribution in [0.3, 0.4) is 0 Å². The Morgan fingerprint density at radius 1 is 1.37 bits per heavy atom. The Morgan fingerprint density at radius 3 is 2.79 bits per heavy atom. The van der Waals surface area contributed by atoms with Gasteiger partial charge < -0.3 is 19.3 Å². The van der Waals surface area contributed by atoms with Crippen molar-refractivity contribution in [1.82, 2.24) is 0 Å². The highest BCUT2D eigenvalue weighted by Crippen LogP contribution is 2.38. The van der Waals surface area contributed by atoms with Crippen molar-refractivity contribution < 1.29 is 24.1 Å². The summed E-state index contributed by atoms with van der Waals surface area (Å²) in [6.45, 7) is 0.446. The third-order valence-electron chi connectivity index (χ3n) is 2.65. The van der Waals surface area contributed by atoms with Crippen LogP contribution in [0.1, 0.15) is 29.6 Å². The molecule has 0 radical (unpaired) electrons. The van der Waals surface area contributed by atoms with E-state index in [0.29, 0.717) is 30.9 Å². The second-order valence-electron chi connectivity index (χ2n) is 3.97. The van der Waals surface area contributed by atoms with Gasteiger partial charge in [0.1, 0.15) is 11.3 Å². The lowest BCUT2D eigenvalue weighted by Gasteiger charge is -2.09. The van der Waals surface area contributed by atoms with Gasteiger partial charge >= 0.3 is 5.97 Å². The molecule has 0 spiro atoms. The lowest BCUT2D eigenvalue weighted by atomic mass is 10.1. The van der Waals surface area contributed by atoms with E-state index < -0.39 is 5.97 Å². The SMILES string of the molecule is N#CCCCCOc1cc2c(cc1C(=O)O)OCO2. The van der Waals surface area contributed by atoms with Crippen molar-refractivity contribution in [3.8, 4) is 23.3 Å². The van der Waals surface area contributed by atoms with E-state index in [-0.39, 0.29) is 18.1 Å². The summed E-state index contributed by atoms with van der Waals surface area (Å²) in [6.07, 6.45) is 1.89. The van der Waals surface area contributed by atoms with Gasteiger partial charge in [0, 0.05) is 18.6 Å². The number of hydrogen-bond donors (Lipinski definition) is 1. The van der Waals surface area contributed by atoms with E-state index in [1.807, 2.05) is 6.07 Å². The van der Waals surface area contributed by atoms with Crippen molar-refractivity contribution in [2.75, 3.05) is 13.4 Å². The number of ether oxygens (including phenoxy) is 3. The number of benzene rings is 1. The Kier molecular flexibility index (Phi) is 4.08. The first kappa shape index (κ1) is 13.0. The lowest BCUT2D eigenvalue weighted by Crippen LogP contribution is -2.04. The molecule has 19 heavy (non-hydrogen) atoms. The summed E-state index contributed by atoms with van der Waals surface area (Å²) in [7, 11) is 0. The smallest absolute Gasteiger partial charge is 0.339 e. The second-order valence-corrected chi connectivity index (χ2v) is 3.97. The summed E-state index contributed by atoms with van der Waals surface area (Å²) in [5.41, 5.74) is 0.0459. The molecule has 1 heterocycles. The molecule has 0 amide bonds. The Bertz CT molecular complexity index is 521. The molecule has 1 aliphatic heterocycles. The van der Waals surface area contributed by atoms with Crippen molar-refractivity contribution in [3.63, 3.8) is 0 Å². The van der Waals surface area contributed by atoms with Crippen LogP contribution in [-0.4, -0.2) is 24.5 Å². The predicted octanol–water partition coefficient (Wildman–Crippen LogP) is 2.19. The van der Waals surface area contributed by atoms with Crippen LogP contribution in [0.2, 0.25) is 0 Å². The third kappa shape index (κ3) is 3.07. The molecule has 1 N–H and O–H groups in total.